The second-order valence-corrected chi connectivity index (χ2v) is 5.87. The quantitative estimate of drug-likeness (QED) is 0.299. The molecule has 4 N–H and O–H groups in total. The Hall–Kier alpha value is -1.82. The topological polar surface area (TPSA) is 76.9 Å². The van der Waals surface area contributed by atoms with Crippen LogP contribution in [0.15, 0.2) is 23.3 Å². The summed E-state index contributed by atoms with van der Waals surface area (Å²) in [6.45, 7) is 2.24. The highest BCUT2D eigenvalue weighted by atomic mass is 32.1. The summed E-state index contributed by atoms with van der Waals surface area (Å²) in [5.74, 6) is 0.302. The fourth-order valence-electron chi connectivity index (χ4n) is 2.52. The summed E-state index contributed by atoms with van der Waals surface area (Å²) >= 11 is 5.22. The number of hydrogen-bond acceptors (Lipinski definition) is 4. The van der Waals surface area contributed by atoms with Crippen LogP contribution in [0, 0.1) is 5.92 Å². The SMILES string of the molecule is C[C@H]1CCCC[C@H]1NC(=S)N/N=C/c1ccc(O)c(O)c1. The van der Waals surface area contributed by atoms with Crippen molar-refractivity contribution in [1.82, 2.24) is 10.7 Å². The van der Waals surface area contributed by atoms with Crippen molar-refractivity contribution in [3.8, 4) is 11.5 Å². The minimum absolute atomic E-state index is 0.149. The zero-order valence-electron chi connectivity index (χ0n) is 12.0. The molecular formula is C15H21N3O2S. The molecule has 2 rings (SSSR count). The molecular weight excluding hydrogens is 286 g/mol. The number of hydrogen-bond donors (Lipinski definition) is 4. The van der Waals surface area contributed by atoms with E-state index < -0.39 is 0 Å². The van der Waals surface area contributed by atoms with Crippen LogP contribution in [0.4, 0.5) is 0 Å². The van der Waals surface area contributed by atoms with Crippen LogP contribution >= 0.6 is 12.2 Å². The van der Waals surface area contributed by atoms with E-state index in [-0.39, 0.29) is 11.5 Å². The van der Waals surface area contributed by atoms with Crippen LogP contribution in [0.25, 0.3) is 0 Å². The van der Waals surface area contributed by atoms with E-state index in [0.717, 1.165) is 6.42 Å². The van der Waals surface area contributed by atoms with Gasteiger partial charge < -0.3 is 15.5 Å². The Kier molecular flexibility index (Phi) is 5.38. The molecule has 0 amide bonds. The lowest BCUT2D eigenvalue weighted by atomic mass is 9.86. The number of thiocarbonyl (C=S) groups is 1. The summed E-state index contributed by atoms with van der Waals surface area (Å²) in [7, 11) is 0. The third-order valence-electron chi connectivity index (χ3n) is 3.81. The molecule has 1 aliphatic rings. The van der Waals surface area contributed by atoms with Crippen LogP contribution in [0.2, 0.25) is 0 Å². The summed E-state index contributed by atoms with van der Waals surface area (Å²) in [5.41, 5.74) is 3.45. The molecule has 0 radical (unpaired) electrons. The molecule has 1 fully saturated rings. The van der Waals surface area contributed by atoms with Crippen LogP contribution in [0.1, 0.15) is 38.2 Å². The Morgan fingerprint density at radius 2 is 2.05 bits per heavy atom. The first kappa shape index (κ1) is 15.6. The average Bonchev–Trinajstić information content (AvgIpc) is 2.45. The van der Waals surface area contributed by atoms with Gasteiger partial charge in [0.25, 0.3) is 0 Å². The molecule has 6 heteroatoms. The molecule has 0 saturated heterocycles. The van der Waals surface area contributed by atoms with Gasteiger partial charge in [-0.15, -0.1) is 0 Å². The van der Waals surface area contributed by atoms with E-state index in [4.69, 9.17) is 12.2 Å². The van der Waals surface area contributed by atoms with Crippen molar-refractivity contribution in [1.29, 1.82) is 0 Å². The number of phenols is 2. The lowest BCUT2D eigenvalue weighted by Gasteiger charge is -2.30. The van der Waals surface area contributed by atoms with Gasteiger partial charge in [-0.1, -0.05) is 19.8 Å². The minimum Gasteiger partial charge on any atom is -0.504 e. The first-order valence-corrected chi connectivity index (χ1v) is 7.58. The molecule has 114 valence electrons. The van der Waals surface area contributed by atoms with Gasteiger partial charge in [0, 0.05) is 6.04 Å². The van der Waals surface area contributed by atoms with Gasteiger partial charge in [-0.3, -0.25) is 5.43 Å². The summed E-state index contributed by atoms with van der Waals surface area (Å²) in [5, 5.41) is 26.4. The van der Waals surface area contributed by atoms with Gasteiger partial charge >= 0.3 is 0 Å². The van der Waals surface area contributed by atoms with E-state index >= 15 is 0 Å². The van der Waals surface area contributed by atoms with Crippen molar-refractivity contribution in [3.63, 3.8) is 0 Å². The van der Waals surface area contributed by atoms with Crippen molar-refractivity contribution < 1.29 is 10.2 Å². The maximum absolute atomic E-state index is 9.38. The van der Waals surface area contributed by atoms with Gasteiger partial charge in [0.15, 0.2) is 16.6 Å². The second kappa shape index (κ2) is 7.26. The molecule has 2 atom stereocenters. The van der Waals surface area contributed by atoms with E-state index in [1.165, 1.54) is 37.6 Å². The third-order valence-corrected chi connectivity index (χ3v) is 4.02. The van der Waals surface area contributed by atoms with Crippen molar-refractivity contribution in [3.05, 3.63) is 23.8 Å². The first-order valence-electron chi connectivity index (χ1n) is 7.18. The summed E-state index contributed by atoms with van der Waals surface area (Å²) in [4.78, 5) is 0. The molecule has 1 aliphatic carbocycles. The average molecular weight is 307 g/mol. The van der Waals surface area contributed by atoms with Crippen LogP contribution in [0.5, 0.6) is 11.5 Å². The smallest absolute Gasteiger partial charge is 0.187 e. The van der Waals surface area contributed by atoms with Crippen LogP contribution in [-0.4, -0.2) is 27.6 Å². The van der Waals surface area contributed by atoms with E-state index in [2.05, 4.69) is 22.8 Å². The zero-order chi connectivity index (χ0) is 15.2. The van der Waals surface area contributed by atoms with Crippen molar-refractivity contribution in [2.24, 2.45) is 11.0 Å². The van der Waals surface area contributed by atoms with Crippen molar-refractivity contribution >= 4 is 23.5 Å². The maximum Gasteiger partial charge on any atom is 0.187 e. The van der Waals surface area contributed by atoms with Crippen molar-refractivity contribution in [2.45, 2.75) is 38.6 Å². The largest absolute Gasteiger partial charge is 0.504 e. The van der Waals surface area contributed by atoms with E-state index in [1.807, 2.05) is 0 Å². The number of phenolic OH excluding ortho intramolecular Hbond substituents is 2. The number of aromatic hydroxyl groups is 2. The highest BCUT2D eigenvalue weighted by Crippen LogP contribution is 2.24. The molecule has 0 aliphatic heterocycles. The normalized spacial score (nSPS) is 22.1. The van der Waals surface area contributed by atoms with Gasteiger partial charge in [0.2, 0.25) is 0 Å². The standard InChI is InChI=1S/C15H21N3O2S/c1-10-4-2-3-5-12(10)17-15(21)18-16-9-11-6-7-13(19)14(20)8-11/h6-10,12,19-20H,2-5H2,1H3,(H2,17,18,21)/b16-9+/t10-,12+/m0/s1. The predicted molar refractivity (Wildman–Crippen MR) is 87.7 cm³/mol. The number of nitrogens with one attached hydrogen (secondary N) is 2. The summed E-state index contributed by atoms with van der Waals surface area (Å²) < 4.78 is 0. The van der Waals surface area contributed by atoms with Gasteiger partial charge in [0.05, 0.1) is 6.21 Å². The summed E-state index contributed by atoms with van der Waals surface area (Å²) in [6, 6.07) is 4.91. The van der Waals surface area contributed by atoms with Crippen LogP contribution in [-0.2, 0) is 0 Å². The van der Waals surface area contributed by atoms with Gasteiger partial charge in [-0.05, 0) is 54.7 Å². The van der Waals surface area contributed by atoms with E-state index in [0.29, 0.717) is 22.6 Å². The van der Waals surface area contributed by atoms with Gasteiger partial charge in [-0.2, -0.15) is 5.10 Å². The number of rotatable bonds is 3. The maximum atomic E-state index is 9.38. The Balaban J connectivity index is 1.82. The fraction of sp³-hybridized carbons (Fsp3) is 0.467. The number of benzene rings is 1. The Bertz CT molecular complexity index is 534. The number of nitrogens with zero attached hydrogens (tertiary/aromatic N) is 1. The second-order valence-electron chi connectivity index (χ2n) is 5.46. The molecule has 5 nitrogen and oxygen atoms in total. The molecule has 1 aromatic carbocycles. The highest BCUT2D eigenvalue weighted by Gasteiger charge is 2.21. The fourth-order valence-corrected chi connectivity index (χ4v) is 2.72. The van der Waals surface area contributed by atoms with Crippen molar-refractivity contribution in [2.75, 3.05) is 0 Å². The molecule has 0 heterocycles. The molecule has 1 saturated carbocycles. The molecule has 21 heavy (non-hydrogen) atoms. The number of hydrazone groups is 1. The lowest BCUT2D eigenvalue weighted by Crippen LogP contribution is -2.44. The molecule has 0 bridgehead atoms. The Morgan fingerprint density at radius 3 is 2.76 bits per heavy atom. The molecule has 0 spiro atoms. The van der Waals surface area contributed by atoms with Gasteiger partial charge in [0.1, 0.15) is 0 Å². The van der Waals surface area contributed by atoms with Gasteiger partial charge in [-0.25, -0.2) is 0 Å². The third kappa shape index (κ3) is 4.60. The van der Waals surface area contributed by atoms with E-state index in [9.17, 15) is 10.2 Å². The Morgan fingerprint density at radius 1 is 1.29 bits per heavy atom. The molecule has 0 aromatic heterocycles. The Labute approximate surface area is 130 Å². The monoisotopic (exact) mass is 307 g/mol. The summed E-state index contributed by atoms with van der Waals surface area (Å²) in [6.07, 6.45) is 6.44. The van der Waals surface area contributed by atoms with Crippen LogP contribution < -0.4 is 10.7 Å². The lowest BCUT2D eigenvalue weighted by molar-refractivity contribution is 0.308. The van der Waals surface area contributed by atoms with Crippen LogP contribution in [0.3, 0.4) is 0 Å². The first-order chi connectivity index (χ1) is 10.1. The minimum atomic E-state index is -0.171. The molecule has 1 aromatic rings. The highest BCUT2D eigenvalue weighted by molar-refractivity contribution is 7.80. The molecule has 0 unspecified atom stereocenters. The predicted octanol–water partition coefficient (Wildman–Crippen LogP) is 2.47. The zero-order valence-corrected chi connectivity index (χ0v) is 12.9. The van der Waals surface area contributed by atoms with E-state index in [1.54, 1.807) is 6.07 Å².